The summed E-state index contributed by atoms with van der Waals surface area (Å²) in [7, 11) is 1.74. The summed E-state index contributed by atoms with van der Waals surface area (Å²) in [6, 6.07) is 7.60. The van der Waals surface area contributed by atoms with Crippen molar-refractivity contribution in [2.45, 2.75) is 44.9 Å². The lowest BCUT2D eigenvalue weighted by atomic mass is 9.93. The predicted molar refractivity (Wildman–Crippen MR) is 104 cm³/mol. The Kier molecular flexibility index (Phi) is 7.53. The van der Waals surface area contributed by atoms with E-state index in [1.165, 1.54) is 0 Å². The number of hydrogen-bond acceptors (Lipinski definition) is 5. The zero-order valence-corrected chi connectivity index (χ0v) is 16.6. The summed E-state index contributed by atoms with van der Waals surface area (Å²) in [5.74, 6) is -0.984. The number of aliphatic carboxylic acids is 1. The topological polar surface area (TPSA) is 113 Å². The molecule has 0 aliphatic carbocycles. The van der Waals surface area contributed by atoms with E-state index in [9.17, 15) is 9.59 Å². The number of carboxylic acid groups (broad SMARTS) is 1. The van der Waals surface area contributed by atoms with Crippen molar-refractivity contribution in [1.29, 1.82) is 0 Å². The van der Waals surface area contributed by atoms with Crippen molar-refractivity contribution >= 4 is 17.8 Å². The third kappa shape index (κ3) is 5.30. The molecule has 0 radical (unpaired) electrons. The molecular formula is C20H29N3O5. The lowest BCUT2D eigenvalue weighted by molar-refractivity contribution is -0.168. The summed E-state index contributed by atoms with van der Waals surface area (Å²) in [5, 5.41) is 7.42. The van der Waals surface area contributed by atoms with E-state index in [-0.39, 0.29) is 24.5 Å². The van der Waals surface area contributed by atoms with Crippen LogP contribution in [0.25, 0.3) is 0 Å². The van der Waals surface area contributed by atoms with Crippen LogP contribution >= 0.6 is 0 Å². The van der Waals surface area contributed by atoms with Crippen LogP contribution in [0.4, 0.5) is 0 Å². The molecule has 1 aromatic carbocycles. The molecule has 2 fully saturated rings. The molecule has 2 saturated heterocycles. The van der Waals surface area contributed by atoms with E-state index < -0.39 is 18.1 Å². The Hall–Kier alpha value is -2.45. The molecule has 0 spiro atoms. The number of nitrogens with zero attached hydrogens (tertiary/aromatic N) is 2. The second-order valence-electron chi connectivity index (χ2n) is 7.22. The largest absolute Gasteiger partial charge is 0.481 e. The Morgan fingerprint density at radius 3 is 2.36 bits per heavy atom. The maximum Gasteiger partial charge on any atom is 0.300 e. The lowest BCUT2D eigenvalue weighted by Gasteiger charge is -2.41. The summed E-state index contributed by atoms with van der Waals surface area (Å²) in [4.78, 5) is 37.6. The van der Waals surface area contributed by atoms with Crippen LogP contribution in [0.1, 0.15) is 36.9 Å². The number of piperidine rings is 1. The highest BCUT2D eigenvalue weighted by Crippen LogP contribution is 2.32. The number of nitrogens with two attached hydrogens (primary N) is 1. The molecule has 3 rings (SSSR count). The highest BCUT2D eigenvalue weighted by atomic mass is 16.5. The molecule has 0 aromatic heterocycles. The Balaban J connectivity index is 0.000000640. The molecule has 28 heavy (non-hydrogen) atoms. The van der Waals surface area contributed by atoms with Gasteiger partial charge in [0.2, 0.25) is 5.91 Å². The third-order valence-corrected chi connectivity index (χ3v) is 5.09. The molecular weight excluding hydrogens is 362 g/mol. The van der Waals surface area contributed by atoms with E-state index in [1.807, 2.05) is 36.1 Å². The van der Waals surface area contributed by atoms with Gasteiger partial charge in [-0.2, -0.15) is 0 Å². The van der Waals surface area contributed by atoms with Crippen molar-refractivity contribution in [3.8, 4) is 0 Å². The molecule has 8 nitrogen and oxygen atoms in total. The highest BCUT2D eigenvalue weighted by Gasteiger charge is 2.42. The smallest absolute Gasteiger partial charge is 0.300 e. The van der Waals surface area contributed by atoms with Crippen molar-refractivity contribution in [2.24, 2.45) is 5.73 Å². The van der Waals surface area contributed by atoms with Crippen molar-refractivity contribution in [1.82, 2.24) is 9.80 Å². The first-order chi connectivity index (χ1) is 13.2. The van der Waals surface area contributed by atoms with Gasteiger partial charge in [0.1, 0.15) is 6.61 Å². The summed E-state index contributed by atoms with van der Waals surface area (Å²) >= 11 is 0. The number of carbonyl (C=O) groups excluding carboxylic acids is 2. The second kappa shape index (κ2) is 9.66. The molecule has 3 N–H and O–H groups in total. The van der Waals surface area contributed by atoms with E-state index in [2.05, 4.69) is 0 Å². The van der Waals surface area contributed by atoms with Gasteiger partial charge in [-0.15, -0.1) is 0 Å². The van der Waals surface area contributed by atoms with Crippen LogP contribution in [-0.2, 0) is 19.1 Å². The summed E-state index contributed by atoms with van der Waals surface area (Å²) in [5.41, 5.74) is 7.94. The minimum atomic E-state index is -0.833. The quantitative estimate of drug-likeness (QED) is 0.776. The Labute approximate surface area is 165 Å². The molecule has 154 valence electrons. The maximum atomic E-state index is 13.0. The first-order valence-electron chi connectivity index (χ1n) is 9.39. The molecule has 2 heterocycles. The highest BCUT2D eigenvalue weighted by molar-refractivity contribution is 5.86. The molecule has 2 aliphatic rings. The SMILES string of the molecule is CC(=O)O.Cc1ccccc1[C@@H]1[C@@H](C(=O)N2CCC(N)CC2)OCC(=O)N1C. The third-order valence-electron chi connectivity index (χ3n) is 5.09. The van der Waals surface area contributed by atoms with Gasteiger partial charge >= 0.3 is 0 Å². The number of rotatable bonds is 2. The molecule has 0 bridgehead atoms. The fourth-order valence-electron chi connectivity index (χ4n) is 3.51. The van der Waals surface area contributed by atoms with E-state index in [4.69, 9.17) is 20.4 Å². The molecule has 8 heteroatoms. The number of carbonyl (C=O) groups is 3. The predicted octanol–water partition coefficient (Wildman–Crippen LogP) is 0.934. The number of amides is 2. The minimum Gasteiger partial charge on any atom is -0.481 e. The standard InChI is InChI=1S/C18H25N3O3.C2H4O2/c1-12-5-3-4-6-14(12)16-17(24-11-15(22)20(16)2)18(23)21-9-7-13(19)8-10-21;1-2(3)4/h3-6,13,16-17H,7-11,19H2,1-2H3;1H3,(H,3,4)/t16-,17+;/m1./s1. The van der Waals surface area contributed by atoms with Gasteiger partial charge in [0.25, 0.3) is 11.9 Å². The van der Waals surface area contributed by atoms with E-state index in [0.29, 0.717) is 13.1 Å². The van der Waals surface area contributed by atoms with Crippen molar-refractivity contribution in [2.75, 3.05) is 26.7 Å². The summed E-state index contributed by atoms with van der Waals surface area (Å²) in [6.45, 7) is 4.32. The first kappa shape index (κ1) is 21.8. The average molecular weight is 391 g/mol. The van der Waals surface area contributed by atoms with Crippen molar-refractivity contribution in [3.05, 3.63) is 35.4 Å². The first-order valence-corrected chi connectivity index (χ1v) is 9.39. The minimum absolute atomic E-state index is 0.0468. The number of ether oxygens (including phenoxy) is 1. The number of benzene rings is 1. The van der Waals surface area contributed by atoms with Crippen LogP contribution in [0.15, 0.2) is 24.3 Å². The van der Waals surface area contributed by atoms with Gasteiger partial charge < -0.3 is 25.4 Å². The molecule has 0 saturated carbocycles. The fraction of sp³-hybridized carbons (Fsp3) is 0.550. The van der Waals surface area contributed by atoms with E-state index >= 15 is 0 Å². The summed E-state index contributed by atoms with van der Waals surface area (Å²) in [6.07, 6.45) is 0.952. The van der Waals surface area contributed by atoms with E-state index in [1.54, 1.807) is 11.9 Å². The van der Waals surface area contributed by atoms with Gasteiger partial charge in [-0.3, -0.25) is 14.4 Å². The number of likely N-dealkylation sites (tertiary alicyclic amines) is 1. The number of hydrogen-bond donors (Lipinski definition) is 2. The summed E-state index contributed by atoms with van der Waals surface area (Å²) < 4.78 is 5.71. The van der Waals surface area contributed by atoms with Gasteiger partial charge in [0, 0.05) is 33.1 Å². The average Bonchev–Trinajstić information content (AvgIpc) is 2.64. The van der Waals surface area contributed by atoms with Crippen LogP contribution < -0.4 is 5.73 Å². The second-order valence-corrected chi connectivity index (χ2v) is 7.22. The van der Waals surface area contributed by atoms with Crippen LogP contribution in [0.5, 0.6) is 0 Å². The van der Waals surface area contributed by atoms with Gasteiger partial charge in [-0.05, 0) is 30.9 Å². The number of aryl methyl sites for hydroxylation is 1. The Morgan fingerprint density at radius 1 is 1.21 bits per heavy atom. The monoisotopic (exact) mass is 391 g/mol. The number of carboxylic acids is 1. The van der Waals surface area contributed by atoms with Crippen LogP contribution in [-0.4, -0.2) is 71.6 Å². The van der Waals surface area contributed by atoms with E-state index in [0.717, 1.165) is 30.9 Å². The molecule has 2 amide bonds. The number of likely N-dealkylation sites (N-methyl/N-ethyl adjacent to an activating group) is 1. The Bertz CT molecular complexity index is 712. The van der Waals surface area contributed by atoms with Crippen LogP contribution in [0, 0.1) is 6.92 Å². The normalized spacial score (nSPS) is 23.1. The molecule has 2 atom stereocenters. The van der Waals surface area contributed by atoms with Gasteiger partial charge in [0.05, 0.1) is 6.04 Å². The van der Waals surface area contributed by atoms with Gasteiger partial charge in [-0.1, -0.05) is 24.3 Å². The molecule has 1 aromatic rings. The van der Waals surface area contributed by atoms with Crippen molar-refractivity contribution < 1.29 is 24.2 Å². The fourth-order valence-corrected chi connectivity index (χ4v) is 3.51. The van der Waals surface area contributed by atoms with Gasteiger partial charge in [-0.25, -0.2) is 0 Å². The zero-order chi connectivity index (χ0) is 20.8. The molecule has 2 aliphatic heterocycles. The Morgan fingerprint density at radius 2 is 1.79 bits per heavy atom. The lowest BCUT2D eigenvalue weighted by Crippen LogP contribution is -2.55. The zero-order valence-electron chi connectivity index (χ0n) is 16.6. The molecule has 0 unspecified atom stereocenters. The van der Waals surface area contributed by atoms with Crippen molar-refractivity contribution in [3.63, 3.8) is 0 Å². The number of morpholine rings is 1. The van der Waals surface area contributed by atoms with Crippen LogP contribution in [0.2, 0.25) is 0 Å². The van der Waals surface area contributed by atoms with Crippen LogP contribution in [0.3, 0.4) is 0 Å². The maximum absolute atomic E-state index is 13.0. The van der Waals surface area contributed by atoms with Gasteiger partial charge in [0.15, 0.2) is 6.10 Å².